The molecule has 0 aromatic carbocycles. The van der Waals surface area contributed by atoms with Crippen LogP contribution in [-0.2, 0) is 0 Å². The Morgan fingerprint density at radius 1 is 1.43 bits per heavy atom. The lowest BCUT2D eigenvalue weighted by Crippen LogP contribution is -1.76. The molecule has 7 heavy (non-hydrogen) atoms. The summed E-state index contributed by atoms with van der Waals surface area (Å²) in [7, 11) is 0. The summed E-state index contributed by atoms with van der Waals surface area (Å²) < 4.78 is 0. The fraction of sp³-hybridized carbons (Fsp3) is 0.667. The minimum Gasteiger partial charge on any atom is -0.362 e. The number of hydrogen-bond acceptors (Lipinski definition) is 0. The molecule has 0 radical (unpaired) electrons. The van der Waals surface area contributed by atoms with E-state index < -0.39 is 0 Å². The normalized spacial score (nSPS) is 5.14. The van der Waals surface area contributed by atoms with E-state index in [-0.39, 0.29) is 0 Å². The van der Waals surface area contributed by atoms with E-state index in [4.69, 9.17) is 5.53 Å². The number of halogens is 2. The average molecular weight is 324 g/mol. The lowest BCUT2D eigenvalue weighted by atomic mass is 10.5. The molecule has 0 heterocycles. The van der Waals surface area contributed by atoms with Crippen molar-refractivity contribution in [3.8, 4) is 0 Å². The summed E-state index contributed by atoms with van der Waals surface area (Å²) in [4.78, 5) is 2.81. The molecule has 2 nitrogen and oxygen atoms in total. The molecule has 0 aromatic heterocycles. The highest BCUT2D eigenvalue weighted by molar-refractivity contribution is 15.0. The van der Waals surface area contributed by atoms with Crippen LogP contribution in [0.15, 0.2) is 0 Å². The van der Waals surface area contributed by atoms with Gasteiger partial charge in [-0.1, -0.05) is 0 Å². The first-order valence-electron chi connectivity index (χ1n) is 1.57. The van der Waals surface area contributed by atoms with Gasteiger partial charge in [-0.05, 0) is 0 Å². The molecule has 0 aliphatic rings. The SMILES string of the molecule is CC(C)=[N+]=[N-].II. The molecule has 0 aliphatic carbocycles. The summed E-state index contributed by atoms with van der Waals surface area (Å²) in [5.74, 6) is 0. The Hall–Kier alpha value is 0.840. The molecule has 4 heteroatoms. The molecule has 0 saturated heterocycles. The Morgan fingerprint density at radius 2 is 1.57 bits per heavy atom. The van der Waals surface area contributed by atoms with Crippen LogP contribution >= 0.6 is 37.2 Å². The molecule has 0 saturated carbocycles. The van der Waals surface area contributed by atoms with E-state index in [0.29, 0.717) is 5.71 Å². The maximum absolute atomic E-state index is 7.73. The predicted molar refractivity (Wildman–Crippen MR) is 48.0 cm³/mol. The minimum absolute atomic E-state index is 0.685. The summed E-state index contributed by atoms with van der Waals surface area (Å²) in [6.07, 6.45) is 0. The second-order valence-electron chi connectivity index (χ2n) is 1.05. The monoisotopic (exact) mass is 324 g/mol. The van der Waals surface area contributed by atoms with Gasteiger partial charge < -0.3 is 5.53 Å². The van der Waals surface area contributed by atoms with Crippen molar-refractivity contribution in [2.75, 3.05) is 0 Å². The first-order chi connectivity index (χ1) is 3.27. The minimum atomic E-state index is 0.685. The first kappa shape index (κ1) is 10.8. The van der Waals surface area contributed by atoms with Crippen LogP contribution in [-0.4, -0.2) is 10.5 Å². The van der Waals surface area contributed by atoms with E-state index in [1.165, 1.54) is 0 Å². The third kappa shape index (κ3) is 19.9. The lowest BCUT2D eigenvalue weighted by molar-refractivity contribution is -0.00646. The highest BCUT2D eigenvalue weighted by Gasteiger charge is 1.74. The second kappa shape index (κ2) is 9.96. The van der Waals surface area contributed by atoms with Crippen molar-refractivity contribution in [3.05, 3.63) is 5.53 Å². The van der Waals surface area contributed by atoms with Crippen LogP contribution in [0.4, 0.5) is 0 Å². The number of nitrogens with zero attached hydrogens (tertiary/aromatic N) is 2. The molecule has 0 aromatic rings. The molecule has 0 rings (SSSR count). The van der Waals surface area contributed by atoms with Crippen LogP contribution < -0.4 is 0 Å². The predicted octanol–water partition coefficient (Wildman–Crippen LogP) is 2.47. The highest BCUT2D eigenvalue weighted by atomic mass is 128. The Morgan fingerprint density at radius 3 is 1.57 bits per heavy atom. The number of hydrogen-bond donors (Lipinski definition) is 0. The Bertz CT molecular complexity index is 71.0. The van der Waals surface area contributed by atoms with Crippen LogP contribution in [0.25, 0.3) is 5.53 Å². The maximum atomic E-state index is 7.73. The van der Waals surface area contributed by atoms with Gasteiger partial charge >= 0.3 is 0 Å². The number of rotatable bonds is 0. The van der Waals surface area contributed by atoms with E-state index in [1.807, 2.05) is 0 Å². The van der Waals surface area contributed by atoms with Gasteiger partial charge in [-0.3, -0.25) is 0 Å². The summed E-state index contributed by atoms with van der Waals surface area (Å²) in [6.45, 7) is 3.44. The zero-order chi connectivity index (χ0) is 6.28. The Balaban J connectivity index is 0. The second-order valence-corrected chi connectivity index (χ2v) is 1.05. The molecule has 0 atom stereocenters. The zero-order valence-electron chi connectivity index (χ0n) is 4.15. The molecule has 0 bridgehead atoms. The van der Waals surface area contributed by atoms with Crippen molar-refractivity contribution in [1.82, 2.24) is 0 Å². The van der Waals surface area contributed by atoms with E-state index in [0.717, 1.165) is 0 Å². The molecule has 0 amide bonds. The quantitative estimate of drug-likeness (QED) is 0.284. The first-order valence-corrected chi connectivity index (χ1v) is 7.85. The fourth-order valence-electron chi connectivity index (χ4n) is 0. The van der Waals surface area contributed by atoms with Crippen molar-refractivity contribution >= 4 is 42.9 Å². The maximum Gasteiger partial charge on any atom is 0.262 e. The van der Waals surface area contributed by atoms with E-state index in [9.17, 15) is 0 Å². The van der Waals surface area contributed by atoms with Gasteiger partial charge in [-0.15, -0.1) is 0 Å². The molecular weight excluding hydrogens is 318 g/mol. The third-order valence-corrected chi connectivity index (χ3v) is 0.200. The van der Waals surface area contributed by atoms with Crippen LogP contribution in [0.2, 0.25) is 0 Å². The molecule has 0 unspecified atom stereocenters. The third-order valence-electron chi connectivity index (χ3n) is 0.200. The van der Waals surface area contributed by atoms with Gasteiger partial charge in [0.05, 0.1) is 0 Å². The average Bonchev–Trinajstić information content (AvgIpc) is 1.73. The van der Waals surface area contributed by atoms with E-state index >= 15 is 0 Å². The van der Waals surface area contributed by atoms with Gasteiger partial charge in [0, 0.05) is 51.1 Å². The van der Waals surface area contributed by atoms with Crippen LogP contribution in [0, 0.1) is 0 Å². The van der Waals surface area contributed by atoms with Gasteiger partial charge in [0.2, 0.25) is 0 Å². The molecule has 0 aliphatic heterocycles. The fourth-order valence-corrected chi connectivity index (χ4v) is 0. The Kier molecular flexibility index (Phi) is 15.3. The van der Waals surface area contributed by atoms with Crippen LogP contribution in [0.1, 0.15) is 13.8 Å². The molecular formula is C3H6I2N2. The van der Waals surface area contributed by atoms with Crippen molar-refractivity contribution in [2.24, 2.45) is 0 Å². The topological polar surface area (TPSA) is 36.4 Å². The van der Waals surface area contributed by atoms with Crippen molar-refractivity contribution in [3.63, 3.8) is 0 Å². The van der Waals surface area contributed by atoms with Crippen molar-refractivity contribution in [1.29, 1.82) is 0 Å². The van der Waals surface area contributed by atoms with Crippen LogP contribution in [0.5, 0.6) is 0 Å². The smallest absolute Gasteiger partial charge is 0.262 e. The van der Waals surface area contributed by atoms with E-state index in [1.54, 1.807) is 13.8 Å². The van der Waals surface area contributed by atoms with Crippen molar-refractivity contribution in [2.45, 2.75) is 13.8 Å². The van der Waals surface area contributed by atoms with E-state index in [2.05, 4.69) is 42.0 Å². The standard InChI is InChI=1S/C3H6N2.I2/c1-3(2)5-4;1-2/h1-2H3;. The van der Waals surface area contributed by atoms with Crippen LogP contribution in [0.3, 0.4) is 0 Å². The highest BCUT2D eigenvalue weighted by Crippen LogP contribution is 1.89. The van der Waals surface area contributed by atoms with Gasteiger partial charge in [0.15, 0.2) is 0 Å². The zero-order valence-corrected chi connectivity index (χ0v) is 8.47. The molecule has 0 fully saturated rings. The molecule has 0 spiro atoms. The van der Waals surface area contributed by atoms with Crippen molar-refractivity contribution < 1.29 is 4.79 Å². The largest absolute Gasteiger partial charge is 0.362 e. The summed E-state index contributed by atoms with van der Waals surface area (Å²) in [6, 6.07) is 0. The Labute approximate surface area is 66.6 Å². The summed E-state index contributed by atoms with van der Waals surface area (Å²) >= 11 is 4.24. The molecule has 0 N–H and O–H groups in total. The van der Waals surface area contributed by atoms with Gasteiger partial charge in [-0.2, -0.15) is 4.79 Å². The summed E-state index contributed by atoms with van der Waals surface area (Å²) in [5.41, 5.74) is 8.42. The lowest BCUT2D eigenvalue weighted by Gasteiger charge is -1.54. The van der Waals surface area contributed by atoms with Gasteiger partial charge in [0.1, 0.15) is 0 Å². The van der Waals surface area contributed by atoms with Gasteiger partial charge in [-0.25, -0.2) is 0 Å². The summed E-state index contributed by atoms with van der Waals surface area (Å²) in [5, 5.41) is 0. The van der Waals surface area contributed by atoms with Gasteiger partial charge in [0.25, 0.3) is 5.71 Å². The molecule has 42 valence electrons.